The number of rotatable bonds is 11. The SMILES string of the molecule is O=Cc1ccc(N2N=C(c3ccccc3)CC2c2ccc3ccc4cccc5ccc2c3c45)cc1.[C-]#[N+]/C(C#N)=C1/C=C(C)OC(c2ccccc2)=C1.[C-]#[N+]/C(C#N)=C1C=C(/C=C/c2ccc(N3N=C(c4ccccc4)CC3c3ccc4ccc5cccc6ccc3c4c56)cc2)OC(c2ccccc2)=C/1. The van der Waals surface area contributed by atoms with Gasteiger partial charge in [0.25, 0.3) is 11.4 Å². The van der Waals surface area contributed by atoms with Gasteiger partial charge in [-0.1, -0.05) is 249 Å². The highest BCUT2D eigenvalue weighted by Crippen LogP contribution is 2.46. The molecule has 0 fully saturated rings. The van der Waals surface area contributed by atoms with Gasteiger partial charge in [0.2, 0.25) is 0 Å². The minimum atomic E-state index is 0.00661. The molecular formula is C94H62N8O3. The highest BCUT2D eigenvalue weighted by molar-refractivity contribution is 6.25. The zero-order valence-electron chi connectivity index (χ0n) is 57.0. The fraction of sp³-hybridized carbons (Fsp3) is 0.0532. The molecule has 18 rings (SSSR count). The molecule has 0 aliphatic carbocycles. The molecule has 0 N–H and O–H groups in total. The Morgan fingerprint density at radius 1 is 0.419 bits per heavy atom. The lowest BCUT2D eigenvalue weighted by Crippen LogP contribution is -2.19. The van der Waals surface area contributed by atoms with Gasteiger partial charge in [-0.2, -0.15) is 10.2 Å². The smallest absolute Gasteiger partial charge is 0.269 e. The maximum absolute atomic E-state index is 11.2. The Kier molecular flexibility index (Phi) is 17.8. The molecule has 0 radical (unpaired) electrons. The second-order valence-electron chi connectivity index (χ2n) is 25.9. The molecule has 496 valence electrons. The molecule has 2 atom stereocenters. The summed E-state index contributed by atoms with van der Waals surface area (Å²) in [5.41, 5.74) is 13.6. The lowest BCUT2D eigenvalue weighted by atomic mass is 9.88. The lowest BCUT2D eigenvalue weighted by Gasteiger charge is -2.26. The largest absolute Gasteiger partial charge is 0.461 e. The van der Waals surface area contributed by atoms with Crippen molar-refractivity contribution in [3.05, 3.63) is 411 Å². The van der Waals surface area contributed by atoms with E-state index in [0.29, 0.717) is 39.7 Å². The van der Waals surface area contributed by atoms with Crippen LogP contribution in [0.4, 0.5) is 11.4 Å². The molecular weight excluding hydrogens is 1290 g/mol. The molecule has 11 nitrogen and oxygen atoms in total. The molecule has 2 unspecified atom stereocenters. The molecule has 4 aliphatic heterocycles. The van der Waals surface area contributed by atoms with Gasteiger partial charge in [-0.3, -0.25) is 14.8 Å². The van der Waals surface area contributed by atoms with Crippen LogP contribution >= 0.6 is 0 Å². The third-order valence-corrected chi connectivity index (χ3v) is 19.6. The monoisotopic (exact) mass is 1350 g/mol. The number of aldehydes is 1. The highest BCUT2D eigenvalue weighted by atomic mass is 16.5. The van der Waals surface area contributed by atoms with E-state index in [1.54, 1.807) is 31.2 Å². The lowest BCUT2D eigenvalue weighted by molar-refractivity contribution is 0.112. The number of hydrazone groups is 2. The van der Waals surface area contributed by atoms with Gasteiger partial charge in [0, 0.05) is 29.5 Å². The third kappa shape index (κ3) is 12.9. The van der Waals surface area contributed by atoms with E-state index >= 15 is 0 Å². The number of carbonyl (C=O) groups excluding carboxylic acids is 1. The second-order valence-corrected chi connectivity index (χ2v) is 25.9. The van der Waals surface area contributed by atoms with E-state index < -0.39 is 0 Å². The molecule has 4 aliphatic rings. The fourth-order valence-corrected chi connectivity index (χ4v) is 14.6. The summed E-state index contributed by atoms with van der Waals surface area (Å²) in [6.45, 7) is 16.3. The summed E-state index contributed by atoms with van der Waals surface area (Å²) in [5, 5.41) is 48.5. The summed E-state index contributed by atoms with van der Waals surface area (Å²) in [6, 6.07) is 100. The van der Waals surface area contributed by atoms with Crippen LogP contribution in [0.5, 0.6) is 0 Å². The summed E-state index contributed by atoms with van der Waals surface area (Å²) < 4.78 is 11.8. The number of nitriles is 2. The van der Waals surface area contributed by atoms with Gasteiger partial charge in [-0.25, -0.2) is 20.2 Å². The van der Waals surface area contributed by atoms with Crippen LogP contribution in [0.1, 0.15) is 81.2 Å². The average Bonchev–Trinajstić information content (AvgIpc) is 1.56. The Hall–Kier alpha value is -14.5. The number of anilines is 2. The van der Waals surface area contributed by atoms with Crippen LogP contribution in [0.3, 0.4) is 0 Å². The van der Waals surface area contributed by atoms with E-state index in [1.807, 2.05) is 121 Å². The molecule has 0 bridgehead atoms. The number of hydrogen-bond acceptors (Lipinski definition) is 9. The van der Waals surface area contributed by atoms with Crippen LogP contribution in [0.25, 0.3) is 91.9 Å². The quantitative estimate of drug-likeness (QED) is 0.0547. The predicted octanol–water partition coefficient (Wildman–Crippen LogP) is 23.0. The van der Waals surface area contributed by atoms with Crippen molar-refractivity contribution in [1.82, 2.24) is 0 Å². The van der Waals surface area contributed by atoms with E-state index in [2.05, 4.69) is 202 Å². The molecule has 14 aromatic rings. The topological polar surface area (TPSA) is 123 Å². The van der Waals surface area contributed by atoms with Crippen molar-refractivity contribution in [3.63, 3.8) is 0 Å². The van der Waals surface area contributed by atoms with Crippen molar-refractivity contribution in [2.45, 2.75) is 31.8 Å². The summed E-state index contributed by atoms with van der Waals surface area (Å²) in [4.78, 5) is 17.9. The van der Waals surface area contributed by atoms with E-state index in [4.69, 9.17) is 38.1 Å². The van der Waals surface area contributed by atoms with Crippen LogP contribution in [0.2, 0.25) is 0 Å². The average molecular weight is 1350 g/mol. The number of benzene rings is 14. The molecule has 0 saturated carbocycles. The van der Waals surface area contributed by atoms with Gasteiger partial charge in [0.15, 0.2) is 0 Å². The Balaban J connectivity index is 0.000000137. The normalized spacial score (nSPS) is 16.4. The van der Waals surface area contributed by atoms with Gasteiger partial charge in [-0.05, 0) is 177 Å². The minimum absolute atomic E-state index is 0.00661. The zero-order valence-corrected chi connectivity index (χ0v) is 57.0. The van der Waals surface area contributed by atoms with Crippen molar-refractivity contribution in [3.8, 4) is 12.1 Å². The van der Waals surface area contributed by atoms with Crippen LogP contribution in [-0.4, -0.2) is 17.7 Å². The van der Waals surface area contributed by atoms with Crippen LogP contribution in [0, 0.1) is 35.8 Å². The minimum Gasteiger partial charge on any atom is -0.461 e. The first kappa shape index (κ1) is 65.1. The number of allylic oxidation sites excluding steroid dienone is 10. The van der Waals surface area contributed by atoms with Crippen molar-refractivity contribution in [2.75, 3.05) is 10.0 Å². The van der Waals surface area contributed by atoms with Crippen molar-refractivity contribution < 1.29 is 14.3 Å². The standard InChI is InChI=1S/C47H30N4O.C32H22N2O.C15H10N2O/c1-49-43(30-48)37-27-39(52-45(28-37)33-11-6-3-7-12-33)24-17-31-15-22-38(23-16-31)51-44(29-42(50-51)32-9-4-2-5-10-32)40-25-20-36-19-18-34-13-8-14-35-21-26-41(40)47(36)46(34)35;35-20-21-9-15-26(16-10-21)34-30(19-29(33-34)22-5-2-1-3-6-22)27-17-13-25-12-11-23-7-4-8-24-14-18-28(27)32(25)31(23)24;1-11-8-13(14(10-16)17-2)9-15(18-11)12-6-4-3-5-7-12/h2-28,44H,29H2;1-18,20,30H,19H2;3-9H,1H3/b24-17+,43-37-;;14-13-. The number of carbonyl (C=O) groups is 1. The second kappa shape index (κ2) is 28.6. The maximum Gasteiger partial charge on any atom is 0.269 e. The van der Waals surface area contributed by atoms with E-state index in [9.17, 15) is 10.1 Å². The highest BCUT2D eigenvalue weighted by Gasteiger charge is 2.34. The predicted molar refractivity (Wildman–Crippen MR) is 425 cm³/mol. The molecule has 0 aromatic heterocycles. The van der Waals surface area contributed by atoms with E-state index in [0.717, 1.165) is 69.7 Å². The first-order valence-electron chi connectivity index (χ1n) is 34.6. The molecule has 0 spiro atoms. The van der Waals surface area contributed by atoms with Crippen molar-refractivity contribution in [1.29, 1.82) is 10.5 Å². The number of nitrogens with zero attached hydrogens (tertiary/aromatic N) is 8. The molecule has 0 saturated heterocycles. The van der Waals surface area contributed by atoms with Gasteiger partial charge in [0.05, 0.1) is 60.2 Å². The fourth-order valence-electron chi connectivity index (χ4n) is 14.6. The van der Waals surface area contributed by atoms with E-state index in [1.165, 1.54) is 75.8 Å². The first-order valence-corrected chi connectivity index (χ1v) is 34.6. The third-order valence-electron chi connectivity index (χ3n) is 19.6. The van der Waals surface area contributed by atoms with Gasteiger partial charge >= 0.3 is 0 Å². The van der Waals surface area contributed by atoms with Gasteiger partial charge < -0.3 is 9.47 Å². The summed E-state index contributed by atoms with van der Waals surface area (Å²) in [5.74, 6) is 2.45. The Morgan fingerprint density at radius 3 is 1.22 bits per heavy atom. The van der Waals surface area contributed by atoms with Crippen molar-refractivity contribution >= 4 is 111 Å². The molecule has 105 heavy (non-hydrogen) atoms. The summed E-state index contributed by atoms with van der Waals surface area (Å²) in [6.07, 6.45) is 13.2. The van der Waals surface area contributed by atoms with Crippen LogP contribution < -0.4 is 10.0 Å². The van der Waals surface area contributed by atoms with Crippen LogP contribution in [0.15, 0.2) is 354 Å². The van der Waals surface area contributed by atoms with Gasteiger partial charge in [-0.15, -0.1) is 0 Å². The van der Waals surface area contributed by atoms with Crippen molar-refractivity contribution in [2.24, 2.45) is 10.2 Å². The molecule has 11 heteroatoms. The van der Waals surface area contributed by atoms with Gasteiger partial charge in [0.1, 0.15) is 29.3 Å². The van der Waals surface area contributed by atoms with E-state index in [-0.39, 0.29) is 23.5 Å². The molecule has 14 aromatic carbocycles. The zero-order chi connectivity index (χ0) is 71.3. The Labute approximate surface area is 607 Å². The Morgan fingerprint density at radius 2 is 0.800 bits per heavy atom. The molecule has 0 amide bonds. The summed E-state index contributed by atoms with van der Waals surface area (Å²) >= 11 is 0. The maximum atomic E-state index is 11.2. The van der Waals surface area contributed by atoms with Crippen LogP contribution in [-0.2, 0) is 9.47 Å². The Bertz CT molecular complexity index is 6160. The number of ether oxygens (including phenoxy) is 2. The summed E-state index contributed by atoms with van der Waals surface area (Å²) in [7, 11) is 0. The number of hydrogen-bond donors (Lipinski definition) is 0. The first-order chi connectivity index (χ1) is 51.7. The molecule has 4 heterocycles.